The van der Waals surface area contributed by atoms with Crippen LogP contribution >= 0.6 is 0 Å². The lowest BCUT2D eigenvalue weighted by atomic mass is 9.72. The second-order valence-corrected chi connectivity index (χ2v) is 6.52. The van der Waals surface area contributed by atoms with Gasteiger partial charge in [-0.3, -0.25) is 14.5 Å². The van der Waals surface area contributed by atoms with Crippen molar-refractivity contribution in [3.63, 3.8) is 0 Å². The molecule has 1 aromatic rings. The number of carbonyl (C=O) groups is 2. The zero-order valence-corrected chi connectivity index (χ0v) is 13.0. The van der Waals surface area contributed by atoms with Gasteiger partial charge in [0.2, 0.25) is 11.8 Å². The summed E-state index contributed by atoms with van der Waals surface area (Å²) in [4.78, 5) is 29.4. The summed E-state index contributed by atoms with van der Waals surface area (Å²) in [6, 6.07) is 2.37. The first-order valence-electron chi connectivity index (χ1n) is 7.92. The zero-order valence-electron chi connectivity index (χ0n) is 13.0. The number of carbonyl (C=O) groups excluding carboxylic acids is 2. The number of anilines is 1. The van der Waals surface area contributed by atoms with E-state index < -0.39 is 29.2 Å². The highest BCUT2D eigenvalue weighted by atomic mass is 19.4. The van der Waals surface area contributed by atoms with Crippen LogP contribution in [0.2, 0.25) is 0 Å². The van der Waals surface area contributed by atoms with Crippen LogP contribution in [0.5, 0.6) is 0 Å². The second-order valence-electron chi connectivity index (χ2n) is 6.52. The number of nitrogens with zero attached hydrogens (tertiary/aromatic N) is 2. The Bertz CT molecular complexity index is 669. The minimum absolute atomic E-state index is 0.166. The molecule has 1 aromatic heterocycles. The highest BCUT2D eigenvalue weighted by Gasteiger charge is 2.54. The summed E-state index contributed by atoms with van der Waals surface area (Å²) >= 11 is 0. The molecule has 2 fully saturated rings. The summed E-state index contributed by atoms with van der Waals surface area (Å²) in [5, 5.41) is 0. The lowest BCUT2D eigenvalue weighted by molar-refractivity contribution is -0.141. The number of hydrogen-bond acceptors (Lipinski definition) is 3. The van der Waals surface area contributed by atoms with Crippen LogP contribution in [-0.2, 0) is 15.8 Å². The molecule has 2 amide bonds. The minimum atomic E-state index is -4.62. The van der Waals surface area contributed by atoms with Crippen LogP contribution in [0.15, 0.2) is 18.2 Å². The number of amides is 2. The highest BCUT2D eigenvalue weighted by Crippen LogP contribution is 2.48. The lowest BCUT2D eigenvalue weighted by Crippen LogP contribution is -2.43. The summed E-state index contributed by atoms with van der Waals surface area (Å²) in [7, 11) is 0. The first-order valence-corrected chi connectivity index (χ1v) is 7.92. The number of hydrogen-bond donors (Lipinski definition) is 1. The van der Waals surface area contributed by atoms with Gasteiger partial charge in [0.05, 0.1) is 5.41 Å². The molecular weight excluding hydrogens is 323 g/mol. The predicted octanol–water partition coefficient (Wildman–Crippen LogP) is 2.64. The number of halogens is 3. The Kier molecular flexibility index (Phi) is 4.01. The third-order valence-electron chi connectivity index (χ3n) is 4.98. The van der Waals surface area contributed by atoms with Crippen molar-refractivity contribution in [1.29, 1.82) is 0 Å². The molecule has 130 valence electrons. The van der Waals surface area contributed by atoms with Gasteiger partial charge in [-0.25, -0.2) is 4.98 Å². The van der Waals surface area contributed by atoms with Gasteiger partial charge in [-0.05, 0) is 31.4 Å². The fourth-order valence-corrected chi connectivity index (χ4v) is 3.80. The number of aromatic nitrogens is 1. The molecule has 1 spiro atoms. The van der Waals surface area contributed by atoms with Gasteiger partial charge >= 0.3 is 6.18 Å². The second kappa shape index (κ2) is 5.75. The number of alkyl halides is 3. The van der Waals surface area contributed by atoms with Gasteiger partial charge in [0.25, 0.3) is 0 Å². The SMILES string of the molecule is NC(=O)C1CC2(CCCCC2)C(=O)N1c1cccc(C(F)(F)F)n1. The van der Waals surface area contributed by atoms with E-state index in [-0.39, 0.29) is 18.1 Å². The van der Waals surface area contributed by atoms with Crippen LogP contribution in [-0.4, -0.2) is 22.8 Å². The van der Waals surface area contributed by atoms with Crippen LogP contribution in [0.1, 0.15) is 44.2 Å². The van der Waals surface area contributed by atoms with Gasteiger partial charge in [0.1, 0.15) is 17.6 Å². The Labute approximate surface area is 137 Å². The number of nitrogens with two attached hydrogens (primary N) is 1. The van der Waals surface area contributed by atoms with Crippen molar-refractivity contribution in [1.82, 2.24) is 4.98 Å². The van der Waals surface area contributed by atoms with E-state index in [2.05, 4.69) is 4.98 Å². The molecule has 1 aliphatic carbocycles. The maximum Gasteiger partial charge on any atom is 0.433 e. The van der Waals surface area contributed by atoms with E-state index in [0.29, 0.717) is 12.8 Å². The fourth-order valence-electron chi connectivity index (χ4n) is 3.80. The van der Waals surface area contributed by atoms with E-state index in [4.69, 9.17) is 5.73 Å². The Morgan fingerprint density at radius 1 is 1.25 bits per heavy atom. The predicted molar refractivity (Wildman–Crippen MR) is 79.8 cm³/mol. The van der Waals surface area contributed by atoms with E-state index in [1.54, 1.807) is 0 Å². The number of pyridine rings is 1. The molecule has 5 nitrogen and oxygen atoms in total. The summed E-state index contributed by atoms with van der Waals surface area (Å²) in [5.74, 6) is -1.22. The molecule has 1 saturated heterocycles. The summed E-state index contributed by atoms with van der Waals surface area (Å²) in [6.07, 6.45) is -0.376. The molecule has 0 aromatic carbocycles. The minimum Gasteiger partial charge on any atom is -0.368 e. The maximum atomic E-state index is 13.0. The molecule has 2 heterocycles. The van der Waals surface area contributed by atoms with Crippen molar-refractivity contribution < 1.29 is 22.8 Å². The molecule has 0 radical (unpaired) electrons. The molecule has 2 N–H and O–H groups in total. The van der Waals surface area contributed by atoms with Gasteiger partial charge in [-0.1, -0.05) is 25.3 Å². The monoisotopic (exact) mass is 341 g/mol. The standard InChI is InChI=1S/C16H18F3N3O2/c17-16(18,19)11-5-4-6-12(21-11)22-10(13(20)23)9-15(14(22)24)7-2-1-3-8-15/h4-6,10H,1-3,7-9H2,(H2,20,23). The van der Waals surface area contributed by atoms with Crippen LogP contribution in [0.25, 0.3) is 0 Å². The number of rotatable bonds is 2. The average Bonchev–Trinajstić information content (AvgIpc) is 2.81. The van der Waals surface area contributed by atoms with Crippen molar-refractivity contribution in [3.05, 3.63) is 23.9 Å². The normalized spacial score (nSPS) is 23.7. The number of primary amides is 1. The Morgan fingerprint density at radius 3 is 2.50 bits per heavy atom. The summed E-state index contributed by atoms with van der Waals surface area (Å²) in [6.45, 7) is 0. The van der Waals surface area contributed by atoms with E-state index in [9.17, 15) is 22.8 Å². The van der Waals surface area contributed by atoms with Crippen molar-refractivity contribution in [2.24, 2.45) is 11.1 Å². The summed E-state index contributed by atoms with van der Waals surface area (Å²) < 4.78 is 38.7. The van der Waals surface area contributed by atoms with Crippen molar-refractivity contribution in [3.8, 4) is 0 Å². The molecule has 8 heteroatoms. The molecule has 1 unspecified atom stereocenters. The third-order valence-corrected chi connectivity index (χ3v) is 4.98. The summed E-state index contributed by atoms with van der Waals surface area (Å²) in [5.41, 5.74) is 3.62. The molecule has 3 rings (SSSR count). The zero-order chi connectivity index (χ0) is 17.5. The van der Waals surface area contributed by atoms with Crippen molar-refractivity contribution in [2.75, 3.05) is 4.90 Å². The lowest BCUT2D eigenvalue weighted by Gasteiger charge is -2.31. The van der Waals surface area contributed by atoms with Gasteiger partial charge in [0.15, 0.2) is 0 Å². The van der Waals surface area contributed by atoms with E-state index in [1.165, 1.54) is 12.1 Å². The average molecular weight is 341 g/mol. The van der Waals surface area contributed by atoms with Gasteiger partial charge in [0, 0.05) is 0 Å². The van der Waals surface area contributed by atoms with Crippen LogP contribution in [0.3, 0.4) is 0 Å². The van der Waals surface area contributed by atoms with E-state index >= 15 is 0 Å². The van der Waals surface area contributed by atoms with Crippen LogP contribution in [0, 0.1) is 5.41 Å². The largest absolute Gasteiger partial charge is 0.433 e. The molecule has 2 aliphatic rings. The fraction of sp³-hybridized carbons (Fsp3) is 0.562. The molecular formula is C16H18F3N3O2. The molecule has 1 aliphatic heterocycles. The van der Waals surface area contributed by atoms with E-state index in [1.807, 2.05) is 0 Å². The first kappa shape index (κ1) is 16.7. The molecule has 1 atom stereocenters. The maximum absolute atomic E-state index is 13.0. The molecule has 24 heavy (non-hydrogen) atoms. The van der Waals surface area contributed by atoms with Crippen LogP contribution < -0.4 is 10.6 Å². The highest BCUT2D eigenvalue weighted by molar-refractivity contribution is 6.06. The smallest absolute Gasteiger partial charge is 0.368 e. The van der Waals surface area contributed by atoms with Gasteiger partial charge in [-0.15, -0.1) is 0 Å². The van der Waals surface area contributed by atoms with Crippen molar-refractivity contribution >= 4 is 17.6 Å². The first-order chi connectivity index (χ1) is 11.2. The topological polar surface area (TPSA) is 76.3 Å². The Hall–Kier alpha value is -2.12. The molecule has 0 bridgehead atoms. The quantitative estimate of drug-likeness (QED) is 0.898. The van der Waals surface area contributed by atoms with Gasteiger partial charge in [-0.2, -0.15) is 13.2 Å². The Balaban J connectivity index is 2.01. The third kappa shape index (κ3) is 2.74. The van der Waals surface area contributed by atoms with Crippen molar-refractivity contribution in [2.45, 2.75) is 50.7 Å². The van der Waals surface area contributed by atoms with Crippen LogP contribution in [0.4, 0.5) is 19.0 Å². The van der Waals surface area contributed by atoms with Gasteiger partial charge < -0.3 is 5.73 Å². The Morgan fingerprint density at radius 2 is 1.92 bits per heavy atom. The van der Waals surface area contributed by atoms with E-state index in [0.717, 1.165) is 30.2 Å². The molecule has 1 saturated carbocycles.